The lowest BCUT2D eigenvalue weighted by molar-refractivity contribution is -0.384. The van der Waals surface area contributed by atoms with Crippen molar-refractivity contribution in [2.75, 3.05) is 11.9 Å². The Morgan fingerprint density at radius 1 is 1.11 bits per heavy atom. The number of fused-ring (bicyclic) bond motifs is 1. The number of anilines is 1. The fourth-order valence-electron chi connectivity index (χ4n) is 2.67. The topological polar surface area (TPSA) is 147 Å². The van der Waals surface area contributed by atoms with E-state index in [2.05, 4.69) is 21.2 Å². The highest BCUT2D eigenvalue weighted by Crippen LogP contribution is 2.27. The van der Waals surface area contributed by atoms with Gasteiger partial charge in [-0.05, 0) is 24.3 Å². The smallest absolute Gasteiger partial charge is 0.337 e. The first kappa shape index (κ1) is 19.2. The lowest BCUT2D eigenvalue weighted by atomic mass is 10.1. The Morgan fingerprint density at radius 2 is 1.79 bits per heavy atom. The minimum atomic E-state index is -1.27. The second-order valence-corrected chi connectivity index (χ2v) is 6.64. The van der Waals surface area contributed by atoms with Crippen LogP contribution in [0, 0.1) is 10.1 Å². The Bertz CT molecular complexity index is 1070. The van der Waals surface area contributed by atoms with Gasteiger partial charge in [0.2, 0.25) is 5.91 Å². The molecule has 1 aliphatic rings. The van der Waals surface area contributed by atoms with E-state index in [1.165, 1.54) is 18.2 Å². The second-order valence-electron chi connectivity index (χ2n) is 5.73. The predicted octanol–water partition coefficient (Wildman–Crippen LogP) is 2.29. The zero-order valence-corrected chi connectivity index (χ0v) is 15.4. The molecule has 11 heteroatoms. The average molecular weight is 448 g/mol. The van der Waals surface area contributed by atoms with Gasteiger partial charge in [-0.1, -0.05) is 15.9 Å². The summed E-state index contributed by atoms with van der Waals surface area (Å²) in [6.45, 7) is -0.671. The molecule has 0 fully saturated rings. The number of aromatic carboxylic acids is 1. The number of carboxylic acid groups (broad SMARTS) is 1. The van der Waals surface area contributed by atoms with E-state index in [9.17, 15) is 34.4 Å². The summed E-state index contributed by atoms with van der Waals surface area (Å²) in [5.41, 5.74) is -0.749. The van der Waals surface area contributed by atoms with Gasteiger partial charge >= 0.3 is 5.97 Å². The number of halogens is 1. The van der Waals surface area contributed by atoms with E-state index in [1.54, 1.807) is 0 Å². The fourth-order valence-corrected chi connectivity index (χ4v) is 3.03. The Labute approximate surface area is 165 Å². The normalized spacial score (nSPS) is 12.7. The lowest BCUT2D eigenvalue weighted by Crippen LogP contribution is -2.37. The van der Waals surface area contributed by atoms with Crippen LogP contribution in [0.15, 0.2) is 40.9 Å². The Morgan fingerprint density at radius 3 is 2.43 bits per heavy atom. The van der Waals surface area contributed by atoms with Crippen molar-refractivity contribution in [3.05, 3.63) is 67.7 Å². The van der Waals surface area contributed by atoms with Gasteiger partial charge in [0, 0.05) is 16.6 Å². The molecule has 0 saturated heterocycles. The zero-order valence-electron chi connectivity index (χ0n) is 13.8. The van der Waals surface area contributed by atoms with Gasteiger partial charge in [0.15, 0.2) is 0 Å². The van der Waals surface area contributed by atoms with Crippen LogP contribution in [0.5, 0.6) is 0 Å². The van der Waals surface area contributed by atoms with Crippen LogP contribution in [0.4, 0.5) is 11.4 Å². The minimum absolute atomic E-state index is 0.00653. The first-order valence-electron chi connectivity index (χ1n) is 7.66. The van der Waals surface area contributed by atoms with Crippen LogP contribution in [0.1, 0.15) is 31.1 Å². The van der Waals surface area contributed by atoms with Gasteiger partial charge < -0.3 is 10.4 Å². The summed E-state index contributed by atoms with van der Waals surface area (Å²) in [6.07, 6.45) is 0. The highest BCUT2D eigenvalue weighted by Gasteiger charge is 2.37. The van der Waals surface area contributed by atoms with Gasteiger partial charge in [-0.2, -0.15) is 0 Å². The summed E-state index contributed by atoms with van der Waals surface area (Å²) < 4.78 is 0.491. The van der Waals surface area contributed by atoms with Gasteiger partial charge in [0.05, 0.1) is 27.3 Å². The van der Waals surface area contributed by atoms with Gasteiger partial charge in [-0.15, -0.1) is 0 Å². The number of hydrogen-bond donors (Lipinski definition) is 2. The molecule has 3 amide bonds. The molecule has 0 aromatic heterocycles. The number of nitro groups is 1. The molecule has 0 bridgehead atoms. The summed E-state index contributed by atoms with van der Waals surface area (Å²) in [5.74, 6) is -3.68. The molecule has 3 rings (SSSR count). The van der Waals surface area contributed by atoms with E-state index < -0.39 is 35.2 Å². The quantitative estimate of drug-likeness (QED) is 0.405. The van der Waals surface area contributed by atoms with Crippen LogP contribution in [0.2, 0.25) is 0 Å². The number of nitrogens with one attached hydrogen (secondary N) is 1. The number of non-ortho nitro benzene ring substituents is 1. The minimum Gasteiger partial charge on any atom is -0.478 e. The van der Waals surface area contributed by atoms with Gasteiger partial charge in [-0.3, -0.25) is 29.4 Å². The first-order chi connectivity index (χ1) is 13.2. The molecule has 1 heterocycles. The van der Waals surface area contributed by atoms with Crippen LogP contribution < -0.4 is 5.32 Å². The van der Waals surface area contributed by atoms with Crippen molar-refractivity contribution in [3.63, 3.8) is 0 Å². The maximum Gasteiger partial charge on any atom is 0.337 e. The van der Waals surface area contributed by atoms with Crippen molar-refractivity contribution in [1.82, 2.24) is 4.90 Å². The van der Waals surface area contributed by atoms with Crippen molar-refractivity contribution >= 4 is 51.0 Å². The van der Waals surface area contributed by atoms with Gasteiger partial charge in [0.25, 0.3) is 17.5 Å². The third kappa shape index (κ3) is 3.47. The van der Waals surface area contributed by atoms with E-state index in [1.807, 2.05) is 0 Å². The standard InChI is InChI=1S/C17H10BrN3O7/c18-8-1-4-13(12(5-8)17(25)26)19-14(22)7-20-15(23)10-3-2-9(21(27)28)6-11(10)16(20)24/h1-6H,7H2,(H,19,22)(H,25,26). The number of rotatable bonds is 5. The molecule has 0 spiro atoms. The number of carboxylic acids is 1. The van der Waals surface area contributed by atoms with Crippen LogP contribution in [0.3, 0.4) is 0 Å². The summed E-state index contributed by atoms with van der Waals surface area (Å²) in [4.78, 5) is 59.1. The highest BCUT2D eigenvalue weighted by atomic mass is 79.9. The molecule has 142 valence electrons. The summed E-state index contributed by atoms with van der Waals surface area (Å²) in [6, 6.07) is 7.39. The van der Waals surface area contributed by atoms with Crippen molar-refractivity contribution in [1.29, 1.82) is 0 Å². The third-order valence-electron chi connectivity index (χ3n) is 3.95. The van der Waals surface area contributed by atoms with Crippen molar-refractivity contribution in [3.8, 4) is 0 Å². The van der Waals surface area contributed by atoms with Crippen LogP contribution in [0.25, 0.3) is 0 Å². The molecule has 1 aliphatic heterocycles. The number of carbonyl (C=O) groups is 4. The van der Waals surface area contributed by atoms with E-state index in [-0.39, 0.29) is 28.1 Å². The van der Waals surface area contributed by atoms with E-state index in [4.69, 9.17) is 0 Å². The molecule has 0 saturated carbocycles. The molecule has 0 atom stereocenters. The highest BCUT2D eigenvalue weighted by molar-refractivity contribution is 9.10. The number of carbonyl (C=O) groups excluding carboxylic acids is 3. The van der Waals surface area contributed by atoms with Crippen LogP contribution in [-0.2, 0) is 4.79 Å². The molecule has 28 heavy (non-hydrogen) atoms. The Balaban J connectivity index is 1.80. The molecule has 2 aromatic carbocycles. The molecule has 0 aliphatic carbocycles. The number of nitrogens with zero attached hydrogens (tertiary/aromatic N) is 2. The lowest BCUT2D eigenvalue weighted by Gasteiger charge is -2.14. The number of nitro benzene ring substituents is 1. The van der Waals surface area contributed by atoms with Crippen molar-refractivity contribution in [2.45, 2.75) is 0 Å². The second kappa shape index (κ2) is 7.19. The third-order valence-corrected chi connectivity index (χ3v) is 4.45. The molecule has 10 nitrogen and oxygen atoms in total. The molecule has 0 radical (unpaired) electrons. The summed E-state index contributed by atoms with van der Waals surface area (Å²) >= 11 is 3.13. The van der Waals surface area contributed by atoms with Gasteiger partial charge in [-0.25, -0.2) is 4.79 Å². The van der Waals surface area contributed by atoms with E-state index >= 15 is 0 Å². The Hall–Kier alpha value is -3.60. The molecule has 2 aromatic rings. The number of benzene rings is 2. The van der Waals surface area contributed by atoms with Crippen molar-refractivity contribution in [2.24, 2.45) is 0 Å². The van der Waals surface area contributed by atoms with E-state index in [0.717, 1.165) is 18.2 Å². The average Bonchev–Trinajstić information content (AvgIpc) is 2.87. The van der Waals surface area contributed by atoms with E-state index in [0.29, 0.717) is 9.37 Å². The number of amides is 3. The summed E-state index contributed by atoms with van der Waals surface area (Å²) in [7, 11) is 0. The first-order valence-corrected chi connectivity index (χ1v) is 8.45. The van der Waals surface area contributed by atoms with Gasteiger partial charge in [0.1, 0.15) is 6.54 Å². The van der Waals surface area contributed by atoms with Crippen LogP contribution >= 0.6 is 15.9 Å². The fraction of sp³-hybridized carbons (Fsp3) is 0.0588. The molecule has 2 N–H and O–H groups in total. The maximum absolute atomic E-state index is 12.4. The molecule has 0 unspecified atom stereocenters. The monoisotopic (exact) mass is 447 g/mol. The number of hydrogen-bond acceptors (Lipinski definition) is 6. The maximum atomic E-state index is 12.4. The largest absolute Gasteiger partial charge is 0.478 e. The number of imide groups is 1. The van der Waals surface area contributed by atoms with Crippen molar-refractivity contribution < 1.29 is 29.2 Å². The molecular formula is C17H10BrN3O7. The predicted molar refractivity (Wildman–Crippen MR) is 98.2 cm³/mol. The SMILES string of the molecule is O=C(CN1C(=O)c2ccc([N+](=O)[O-])cc2C1=O)Nc1ccc(Br)cc1C(=O)O. The van der Waals surface area contributed by atoms with Crippen LogP contribution in [-0.4, -0.2) is 45.2 Å². The summed E-state index contributed by atoms with van der Waals surface area (Å²) in [5, 5.41) is 22.4. The Kier molecular flexibility index (Phi) is 4.92. The molecular weight excluding hydrogens is 438 g/mol. The zero-order chi connectivity index (χ0) is 20.6.